The number of aliphatic hydroxyl groups excluding tert-OH is 3. The summed E-state index contributed by atoms with van der Waals surface area (Å²) in [5.74, 6) is 1.27. The summed E-state index contributed by atoms with van der Waals surface area (Å²) >= 11 is 0. The predicted molar refractivity (Wildman–Crippen MR) is 113 cm³/mol. The Balaban J connectivity index is 1.66. The van der Waals surface area contributed by atoms with Crippen LogP contribution in [0.15, 0.2) is 34.9 Å². The monoisotopic (exact) mass is 400 g/mol. The van der Waals surface area contributed by atoms with E-state index in [-0.39, 0.29) is 17.1 Å². The maximum Gasteiger partial charge on any atom is 0.159 e. The van der Waals surface area contributed by atoms with E-state index in [1.807, 2.05) is 12.2 Å². The molecule has 0 spiro atoms. The van der Waals surface area contributed by atoms with Gasteiger partial charge in [0, 0.05) is 11.8 Å². The van der Waals surface area contributed by atoms with Crippen molar-refractivity contribution in [3.63, 3.8) is 0 Å². The number of carbonyl (C=O) groups is 1. The van der Waals surface area contributed by atoms with Crippen molar-refractivity contribution in [2.75, 3.05) is 0 Å². The summed E-state index contributed by atoms with van der Waals surface area (Å²) in [5.41, 5.74) is 3.97. The average Bonchev–Trinajstić information content (AvgIpc) is 2.80. The molecule has 4 rings (SSSR count). The second kappa shape index (κ2) is 7.79. The molecule has 8 atom stereocenters. The highest BCUT2D eigenvalue weighted by Crippen LogP contribution is 2.62. The van der Waals surface area contributed by atoms with E-state index in [1.54, 1.807) is 6.92 Å². The van der Waals surface area contributed by atoms with Crippen LogP contribution in [-0.2, 0) is 4.79 Å². The normalized spacial score (nSPS) is 42.1. The first-order valence-electron chi connectivity index (χ1n) is 11.4. The van der Waals surface area contributed by atoms with Gasteiger partial charge in [-0.25, -0.2) is 0 Å². The van der Waals surface area contributed by atoms with Gasteiger partial charge in [0.05, 0.1) is 18.3 Å². The number of aliphatic hydroxyl groups is 3. The van der Waals surface area contributed by atoms with Crippen LogP contribution >= 0.6 is 0 Å². The van der Waals surface area contributed by atoms with Gasteiger partial charge in [-0.05, 0) is 82.1 Å². The van der Waals surface area contributed by atoms with Gasteiger partial charge in [0.15, 0.2) is 5.78 Å². The van der Waals surface area contributed by atoms with Crippen LogP contribution < -0.4 is 0 Å². The molecule has 4 heteroatoms. The zero-order valence-electron chi connectivity index (χ0n) is 18.0. The Labute approximate surface area is 174 Å². The Hall–Kier alpha value is -1.23. The van der Waals surface area contributed by atoms with Crippen LogP contribution in [0.5, 0.6) is 0 Å². The average molecular weight is 401 g/mol. The van der Waals surface area contributed by atoms with E-state index in [1.165, 1.54) is 16.7 Å². The third-order valence-corrected chi connectivity index (χ3v) is 8.44. The molecule has 3 N–H and O–H groups in total. The van der Waals surface area contributed by atoms with Gasteiger partial charge < -0.3 is 15.3 Å². The summed E-state index contributed by atoms with van der Waals surface area (Å²) in [7, 11) is 0. The molecule has 0 saturated heterocycles. The molecule has 0 aromatic carbocycles. The number of hydrogen-bond acceptors (Lipinski definition) is 4. The lowest BCUT2D eigenvalue weighted by molar-refractivity contribution is -0.119. The van der Waals surface area contributed by atoms with Crippen LogP contribution in [0.4, 0.5) is 0 Å². The predicted octanol–water partition coefficient (Wildman–Crippen LogP) is 3.71. The van der Waals surface area contributed by atoms with E-state index in [0.717, 1.165) is 32.1 Å². The third-order valence-electron chi connectivity index (χ3n) is 8.44. The van der Waals surface area contributed by atoms with Crippen LogP contribution in [0.3, 0.4) is 0 Å². The molecule has 4 aliphatic rings. The molecule has 2 fully saturated rings. The first kappa shape index (κ1) is 21.0. The summed E-state index contributed by atoms with van der Waals surface area (Å²) in [6.45, 7) is 6.07. The van der Waals surface area contributed by atoms with Crippen molar-refractivity contribution >= 4 is 5.78 Å². The highest BCUT2D eigenvalue weighted by Gasteiger charge is 2.53. The van der Waals surface area contributed by atoms with Gasteiger partial charge in [0.1, 0.15) is 0 Å². The van der Waals surface area contributed by atoms with Crippen LogP contribution in [0, 0.1) is 29.1 Å². The second-order valence-corrected chi connectivity index (χ2v) is 10.3. The standard InChI is InChI=1S/C25H36O4/c1-14(10-23(28)15(2)26)21-6-7-22-20-13-24(29)17-11-16(4-5-18(27)12-17)19(20)8-9-25(21,22)3/h4,10,13,15,17-19,21-23,26-28H,5-9,11-12H2,1-3H3/t15-,17-,18-,19+,21+,22-,23+,25+/m0/s1. The van der Waals surface area contributed by atoms with Crippen molar-refractivity contribution in [1.82, 2.24) is 0 Å². The van der Waals surface area contributed by atoms with Crippen molar-refractivity contribution in [1.29, 1.82) is 0 Å². The lowest BCUT2D eigenvalue weighted by atomic mass is 9.58. The molecule has 0 aliphatic heterocycles. The summed E-state index contributed by atoms with van der Waals surface area (Å²) in [6, 6.07) is 0. The topological polar surface area (TPSA) is 77.8 Å². The van der Waals surface area contributed by atoms with Crippen molar-refractivity contribution in [3.8, 4) is 0 Å². The van der Waals surface area contributed by atoms with Crippen LogP contribution in [-0.4, -0.2) is 39.4 Å². The minimum Gasteiger partial charge on any atom is -0.393 e. The third kappa shape index (κ3) is 3.68. The minimum atomic E-state index is -0.827. The Morgan fingerprint density at radius 3 is 2.76 bits per heavy atom. The van der Waals surface area contributed by atoms with E-state index in [2.05, 4.69) is 19.9 Å². The molecular weight excluding hydrogens is 364 g/mol. The molecule has 4 aliphatic carbocycles. The fraction of sp³-hybridized carbons (Fsp3) is 0.720. The van der Waals surface area contributed by atoms with Gasteiger partial charge in [-0.2, -0.15) is 0 Å². The van der Waals surface area contributed by atoms with Crippen molar-refractivity contribution in [2.45, 2.75) is 84.0 Å². The lowest BCUT2D eigenvalue weighted by Crippen LogP contribution is -2.37. The van der Waals surface area contributed by atoms with Crippen LogP contribution in [0.25, 0.3) is 0 Å². The number of carbonyl (C=O) groups excluding carboxylic acids is 1. The molecule has 0 aromatic heterocycles. The number of hydrogen-bond donors (Lipinski definition) is 3. The largest absolute Gasteiger partial charge is 0.393 e. The number of rotatable bonds is 3. The lowest BCUT2D eigenvalue weighted by Gasteiger charge is -2.46. The molecule has 0 heterocycles. The number of ketones is 1. The summed E-state index contributed by atoms with van der Waals surface area (Å²) in [6.07, 6.45) is 10.4. The maximum atomic E-state index is 13.0. The fourth-order valence-corrected chi connectivity index (χ4v) is 6.82. The molecule has 2 bridgehead atoms. The second-order valence-electron chi connectivity index (χ2n) is 10.3. The molecule has 160 valence electrons. The molecular formula is C25H36O4. The zero-order chi connectivity index (χ0) is 20.9. The number of fused-ring (bicyclic) bond motifs is 6. The molecule has 0 amide bonds. The van der Waals surface area contributed by atoms with Crippen molar-refractivity contribution in [2.24, 2.45) is 29.1 Å². The Bertz CT molecular complexity index is 761. The Morgan fingerprint density at radius 1 is 1.28 bits per heavy atom. The first-order valence-corrected chi connectivity index (χ1v) is 11.4. The molecule has 29 heavy (non-hydrogen) atoms. The van der Waals surface area contributed by atoms with E-state index < -0.39 is 18.3 Å². The molecule has 2 saturated carbocycles. The highest BCUT2D eigenvalue weighted by molar-refractivity contribution is 5.93. The van der Waals surface area contributed by atoms with Gasteiger partial charge in [0.2, 0.25) is 0 Å². The van der Waals surface area contributed by atoms with Crippen molar-refractivity contribution in [3.05, 3.63) is 34.9 Å². The zero-order valence-corrected chi connectivity index (χ0v) is 18.0. The number of allylic oxidation sites excluding steroid dienone is 4. The molecule has 0 radical (unpaired) electrons. The van der Waals surface area contributed by atoms with Gasteiger partial charge in [0.25, 0.3) is 0 Å². The minimum absolute atomic E-state index is 0.0665. The first-order chi connectivity index (χ1) is 13.7. The quantitative estimate of drug-likeness (QED) is 0.631. The highest BCUT2D eigenvalue weighted by atomic mass is 16.3. The van der Waals surface area contributed by atoms with Crippen LogP contribution in [0.2, 0.25) is 0 Å². The Kier molecular flexibility index (Phi) is 5.65. The van der Waals surface area contributed by atoms with Crippen LogP contribution in [0.1, 0.15) is 65.7 Å². The van der Waals surface area contributed by atoms with Gasteiger partial charge in [-0.3, -0.25) is 4.79 Å². The summed E-state index contributed by atoms with van der Waals surface area (Å²) in [4.78, 5) is 13.0. The van der Waals surface area contributed by atoms with E-state index in [0.29, 0.717) is 30.6 Å². The summed E-state index contributed by atoms with van der Waals surface area (Å²) < 4.78 is 0. The van der Waals surface area contributed by atoms with E-state index in [4.69, 9.17) is 0 Å². The van der Waals surface area contributed by atoms with Gasteiger partial charge >= 0.3 is 0 Å². The van der Waals surface area contributed by atoms with Gasteiger partial charge in [-0.15, -0.1) is 0 Å². The molecule has 0 aromatic rings. The maximum absolute atomic E-state index is 13.0. The molecule has 0 unspecified atom stereocenters. The molecule has 4 nitrogen and oxygen atoms in total. The van der Waals surface area contributed by atoms with Crippen molar-refractivity contribution < 1.29 is 20.1 Å². The Morgan fingerprint density at radius 2 is 2.03 bits per heavy atom. The SMILES string of the molecule is CC(=C[C@@H](O)[C@H](C)O)[C@H]1CC[C@H]2C3=CC(=O)[C@H]4CC(=CC[C@H](O)C4)[C@H]3CC[C@]12C. The van der Waals surface area contributed by atoms with E-state index in [9.17, 15) is 20.1 Å². The van der Waals surface area contributed by atoms with E-state index >= 15 is 0 Å². The summed E-state index contributed by atoms with van der Waals surface area (Å²) in [5, 5.41) is 30.0. The fourth-order valence-electron chi connectivity index (χ4n) is 6.82. The smallest absolute Gasteiger partial charge is 0.159 e. The van der Waals surface area contributed by atoms with Gasteiger partial charge in [-0.1, -0.05) is 35.8 Å².